The monoisotopic (exact) mass is 183 g/mol. The highest BCUT2D eigenvalue weighted by Gasteiger charge is 2.29. The van der Waals surface area contributed by atoms with E-state index in [4.69, 9.17) is 0 Å². The Morgan fingerprint density at radius 2 is 2.23 bits per heavy atom. The molecule has 1 fully saturated rings. The van der Waals surface area contributed by atoms with Crippen LogP contribution in [0.3, 0.4) is 0 Å². The maximum Gasteiger partial charge on any atom is 0.232 e. The van der Waals surface area contributed by atoms with E-state index in [1.165, 1.54) is 4.90 Å². The molecule has 0 aromatic carbocycles. The van der Waals surface area contributed by atoms with Crippen LogP contribution < -0.4 is 0 Å². The SMILES string of the molecule is CCN(C=O)C(=O)C1CCC(C)C1. The Morgan fingerprint density at radius 1 is 1.54 bits per heavy atom. The molecule has 1 aliphatic rings. The Hall–Kier alpha value is -0.860. The molecule has 0 bridgehead atoms. The van der Waals surface area contributed by atoms with Crippen LogP contribution in [-0.4, -0.2) is 23.8 Å². The zero-order chi connectivity index (χ0) is 9.84. The normalized spacial score (nSPS) is 27.2. The van der Waals surface area contributed by atoms with Crippen molar-refractivity contribution in [3.05, 3.63) is 0 Å². The van der Waals surface area contributed by atoms with Crippen molar-refractivity contribution in [1.82, 2.24) is 4.90 Å². The molecule has 3 heteroatoms. The van der Waals surface area contributed by atoms with Gasteiger partial charge in [0.25, 0.3) is 0 Å². The summed E-state index contributed by atoms with van der Waals surface area (Å²) in [5, 5.41) is 0. The molecule has 13 heavy (non-hydrogen) atoms. The van der Waals surface area contributed by atoms with Gasteiger partial charge in [-0.15, -0.1) is 0 Å². The van der Waals surface area contributed by atoms with Gasteiger partial charge >= 0.3 is 0 Å². The predicted octanol–water partition coefficient (Wildman–Crippen LogP) is 1.43. The van der Waals surface area contributed by atoms with E-state index in [0.29, 0.717) is 18.9 Å². The lowest BCUT2D eigenvalue weighted by Gasteiger charge is -2.17. The van der Waals surface area contributed by atoms with Crippen molar-refractivity contribution >= 4 is 12.3 Å². The van der Waals surface area contributed by atoms with Crippen LogP contribution in [0, 0.1) is 11.8 Å². The zero-order valence-electron chi connectivity index (χ0n) is 8.32. The van der Waals surface area contributed by atoms with Gasteiger partial charge in [0.05, 0.1) is 0 Å². The smallest absolute Gasteiger partial charge is 0.232 e. The summed E-state index contributed by atoms with van der Waals surface area (Å²) in [5.74, 6) is 0.751. The van der Waals surface area contributed by atoms with E-state index in [1.54, 1.807) is 0 Å². The summed E-state index contributed by atoms with van der Waals surface area (Å²) in [4.78, 5) is 23.4. The molecule has 3 nitrogen and oxygen atoms in total. The molecular weight excluding hydrogens is 166 g/mol. The van der Waals surface area contributed by atoms with Crippen molar-refractivity contribution in [2.24, 2.45) is 11.8 Å². The highest BCUT2D eigenvalue weighted by molar-refractivity contribution is 5.88. The van der Waals surface area contributed by atoms with Gasteiger partial charge in [0.2, 0.25) is 12.3 Å². The number of rotatable bonds is 3. The molecule has 0 N–H and O–H groups in total. The van der Waals surface area contributed by atoms with Crippen LogP contribution in [0.25, 0.3) is 0 Å². The molecule has 0 aliphatic heterocycles. The fourth-order valence-corrected chi connectivity index (χ4v) is 1.95. The minimum Gasteiger partial charge on any atom is -0.285 e. The van der Waals surface area contributed by atoms with Crippen molar-refractivity contribution < 1.29 is 9.59 Å². The van der Waals surface area contributed by atoms with Crippen LogP contribution in [0.5, 0.6) is 0 Å². The Bertz CT molecular complexity index is 203. The third-order valence-corrected chi connectivity index (χ3v) is 2.80. The molecule has 2 amide bonds. The Balaban J connectivity index is 2.51. The summed E-state index contributed by atoms with van der Waals surface area (Å²) in [6.45, 7) is 4.47. The van der Waals surface area contributed by atoms with Crippen LogP contribution in [0.2, 0.25) is 0 Å². The quantitative estimate of drug-likeness (QED) is 0.621. The maximum atomic E-state index is 11.6. The predicted molar refractivity (Wildman–Crippen MR) is 50.0 cm³/mol. The maximum absolute atomic E-state index is 11.6. The number of amides is 2. The Morgan fingerprint density at radius 3 is 2.62 bits per heavy atom. The topological polar surface area (TPSA) is 37.4 Å². The van der Waals surface area contributed by atoms with Gasteiger partial charge < -0.3 is 0 Å². The third kappa shape index (κ3) is 2.29. The lowest BCUT2D eigenvalue weighted by Crippen LogP contribution is -2.34. The average molecular weight is 183 g/mol. The van der Waals surface area contributed by atoms with Crippen molar-refractivity contribution in [3.8, 4) is 0 Å². The second-order valence-electron chi connectivity index (χ2n) is 3.84. The number of nitrogens with zero attached hydrogens (tertiary/aromatic N) is 1. The summed E-state index contributed by atoms with van der Waals surface area (Å²) in [6, 6.07) is 0. The van der Waals surface area contributed by atoms with Crippen LogP contribution in [0.15, 0.2) is 0 Å². The molecule has 0 aromatic heterocycles. The van der Waals surface area contributed by atoms with Gasteiger partial charge in [0, 0.05) is 12.5 Å². The molecule has 1 aliphatic carbocycles. The highest BCUT2D eigenvalue weighted by Crippen LogP contribution is 2.31. The number of imide groups is 1. The van der Waals surface area contributed by atoms with Gasteiger partial charge in [-0.25, -0.2) is 0 Å². The molecule has 1 rings (SSSR count). The number of hydrogen-bond donors (Lipinski definition) is 0. The fourth-order valence-electron chi connectivity index (χ4n) is 1.95. The van der Waals surface area contributed by atoms with Crippen LogP contribution in [0.1, 0.15) is 33.1 Å². The van der Waals surface area contributed by atoms with Crippen molar-refractivity contribution in [2.75, 3.05) is 6.54 Å². The molecular formula is C10H17NO2. The van der Waals surface area contributed by atoms with Crippen molar-refractivity contribution in [2.45, 2.75) is 33.1 Å². The second kappa shape index (κ2) is 4.40. The third-order valence-electron chi connectivity index (χ3n) is 2.80. The molecule has 2 atom stereocenters. The van der Waals surface area contributed by atoms with Gasteiger partial charge in [-0.3, -0.25) is 14.5 Å². The van der Waals surface area contributed by atoms with Gasteiger partial charge in [0.1, 0.15) is 0 Å². The number of carbonyl (C=O) groups is 2. The zero-order valence-corrected chi connectivity index (χ0v) is 8.32. The Labute approximate surface area is 79.1 Å². The molecule has 74 valence electrons. The molecule has 0 spiro atoms. The molecule has 0 radical (unpaired) electrons. The summed E-state index contributed by atoms with van der Waals surface area (Å²) in [5.41, 5.74) is 0. The largest absolute Gasteiger partial charge is 0.285 e. The van der Waals surface area contributed by atoms with E-state index >= 15 is 0 Å². The number of hydrogen-bond acceptors (Lipinski definition) is 2. The summed E-state index contributed by atoms with van der Waals surface area (Å²) < 4.78 is 0. The summed E-state index contributed by atoms with van der Waals surface area (Å²) in [7, 11) is 0. The molecule has 0 saturated heterocycles. The van der Waals surface area contributed by atoms with E-state index in [-0.39, 0.29) is 11.8 Å². The lowest BCUT2D eigenvalue weighted by atomic mass is 10.1. The van der Waals surface area contributed by atoms with Crippen LogP contribution in [-0.2, 0) is 9.59 Å². The van der Waals surface area contributed by atoms with Crippen LogP contribution in [0.4, 0.5) is 0 Å². The fraction of sp³-hybridized carbons (Fsp3) is 0.800. The molecule has 2 unspecified atom stereocenters. The first-order chi connectivity index (χ1) is 6.19. The molecule has 0 aromatic rings. The van der Waals surface area contributed by atoms with Crippen molar-refractivity contribution in [1.29, 1.82) is 0 Å². The highest BCUT2D eigenvalue weighted by atomic mass is 16.2. The van der Waals surface area contributed by atoms with Gasteiger partial charge in [0.15, 0.2) is 0 Å². The van der Waals surface area contributed by atoms with Gasteiger partial charge in [-0.1, -0.05) is 6.92 Å². The number of carbonyl (C=O) groups excluding carboxylic acids is 2. The summed E-state index contributed by atoms with van der Waals surface area (Å²) >= 11 is 0. The average Bonchev–Trinajstić information content (AvgIpc) is 2.54. The second-order valence-corrected chi connectivity index (χ2v) is 3.84. The minimum atomic E-state index is 0.0156. The van der Waals surface area contributed by atoms with E-state index < -0.39 is 0 Å². The first-order valence-corrected chi connectivity index (χ1v) is 4.94. The molecule has 0 heterocycles. The van der Waals surface area contributed by atoms with E-state index in [2.05, 4.69) is 6.92 Å². The van der Waals surface area contributed by atoms with Gasteiger partial charge in [-0.2, -0.15) is 0 Å². The summed E-state index contributed by atoms with van der Waals surface area (Å²) in [6.07, 6.45) is 3.66. The first-order valence-electron chi connectivity index (χ1n) is 4.94. The van der Waals surface area contributed by atoms with E-state index in [1.807, 2.05) is 6.92 Å². The van der Waals surface area contributed by atoms with Crippen LogP contribution >= 0.6 is 0 Å². The standard InChI is InChI=1S/C10H17NO2/c1-3-11(7-12)10(13)9-5-4-8(2)6-9/h7-9H,3-6H2,1-2H3. The van der Waals surface area contributed by atoms with E-state index in [0.717, 1.165) is 19.3 Å². The first kappa shape index (κ1) is 10.2. The molecule has 1 saturated carbocycles. The minimum absolute atomic E-state index is 0.0156. The van der Waals surface area contributed by atoms with Crippen molar-refractivity contribution in [3.63, 3.8) is 0 Å². The lowest BCUT2D eigenvalue weighted by molar-refractivity contribution is -0.141. The Kier molecular flexibility index (Phi) is 3.46. The van der Waals surface area contributed by atoms with Gasteiger partial charge in [-0.05, 0) is 32.1 Å². The van der Waals surface area contributed by atoms with E-state index in [9.17, 15) is 9.59 Å².